The quantitative estimate of drug-likeness (QED) is 0.636. The number of ketones is 1. The molecule has 0 aromatic heterocycles. The summed E-state index contributed by atoms with van der Waals surface area (Å²) in [4.78, 5) is 12.2. The summed E-state index contributed by atoms with van der Waals surface area (Å²) in [6.07, 6.45) is 12.0. The zero-order chi connectivity index (χ0) is 16.1. The SMILES string of the molecule is O=C(/C=C/c1ccc(O)cc1)c1ccc(C2=CCCC=C2)cc1. The summed E-state index contributed by atoms with van der Waals surface area (Å²) >= 11 is 0. The number of carbonyl (C=O) groups is 1. The van der Waals surface area contributed by atoms with Crippen LogP contribution >= 0.6 is 0 Å². The molecule has 2 aromatic carbocycles. The van der Waals surface area contributed by atoms with Gasteiger partial charge in [0, 0.05) is 5.56 Å². The van der Waals surface area contributed by atoms with Gasteiger partial charge in [-0.15, -0.1) is 0 Å². The number of phenols is 1. The van der Waals surface area contributed by atoms with Crippen molar-refractivity contribution in [1.29, 1.82) is 0 Å². The van der Waals surface area contributed by atoms with E-state index in [1.807, 2.05) is 24.3 Å². The van der Waals surface area contributed by atoms with Gasteiger partial charge in [0.1, 0.15) is 5.75 Å². The third-order valence-corrected chi connectivity index (χ3v) is 3.82. The summed E-state index contributed by atoms with van der Waals surface area (Å²) in [5.41, 5.74) is 3.91. The molecule has 2 nitrogen and oxygen atoms in total. The lowest BCUT2D eigenvalue weighted by atomic mass is 9.98. The molecule has 2 heteroatoms. The van der Waals surface area contributed by atoms with Crippen molar-refractivity contribution < 1.29 is 9.90 Å². The zero-order valence-electron chi connectivity index (χ0n) is 12.8. The van der Waals surface area contributed by atoms with Gasteiger partial charge >= 0.3 is 0 Å². The van der Waals surface area contributed by atoms with Crippen molar-refractivity contribution in [3.05, 3.63) is 89.5 Å². The van der Waals surface area contributed by atoms with Crippen LogP contribution in [0.4, 0.5) is 0 Å². The van der Waals surface area contributed by atoms with Gasteiger partial charge in [-0.1, -0.05) is 60.7 Å². The topological polar surface area (TPSA) is 37.3 Å². The Bertz CT molecular complexity index is 776. The van der Waals surface area contributed by atoms with Gasteiger partial charge in [-0.05, 0) is 47.8 Å². The monoisotopic (exact) mass is 302 g/mol. The molecule has 0 saturated heterocycles. The van der Waals surface area contributed by atoms with Crippen molar-refractivity contribution in [2.45, 2.75) is 12.8 Å². The van der Waals surface area contributed by atoms with Gasteiger partial charge in [0.15, 0.2) is 5.78 Å². The second-order valence-corrected chi connectivity index (χ2v) is 5.51. The molecule has 2 aromatic rings. The van der Waals surface area contributed by atoms with Gasteiger partial charge in [-0.3, -0.25) is 4.79 Å². The van der Waals surface area contributed by atoms with Crippen LogP contribution in [0.5, 0.6) is 5.75 Å². The van der Waals surface area contributed by atoms with Crippen LogP contribution in [-0.2, 0) is 0 Å². The molecule has 3 rings (SSSR count). The lowest BCUT2D eigenvalue weighted by Crippen LogP contribution is -1.95. The molecule has 0 spiro atoms. The third-order valence-electron chi connectivity index (χ3n) is 3.82. The molecule has 114 valence electrons. The summed E-state index contributed by atoms with van der Waals surface area (Å²) in [6, 6.07) is 14.4. The Kier molecular flexibility index (Phi) is 4.53. The third kappa shape index (κ3) is 3.86. The molecule has 23 heavy (non-hydrogen) atoms. The molecule has 0 amide bonds. The molecular formula is C21H18O2. The Morgan fingerprint density at radius 2 is 1.70 bits per heavy atom. The molecular weight excluding hydrogens is 284 g/mol. The highest BCUT2D eigenvalue weighted by atomic mass is 16.3. The largest absolute Gasteiger partial charge is 0.508 e. The fourth-order valence-electron chi connectivity index (χ4n) is 2.51. The Balaban J connectivity index is 1.71. The smallest absolute Gasteiger partial charge is 0.185 e. The minimum atomic E-state index is -0.0298. The first-order chi connectivity index (χ1) is 11.2. The molecule has 0 unspecified atom stereocenters. The van der Waals surface area contributed by atoms with E-state index in [-0.39, 0.29) is 11.5 Å². The van der Waals surface area contributed by atoms with E-state index in [1.165, 1.54) is 5.57 Å². The van der Waals surface area contributed by atoms with Crippen molar-refractivity contribution in [2.75, 3.05) is 0 Å². The summed E-state index contributed by atoms with van der Waals surface area (Å²) in [5.74, 6) is 0.188. The van der Waals surface area contributed by atoms with Gasteiger partial charge in [0.2, 0.25) is 0 Å². The maximum atomic E-state index is 12.2. The number of allylic oxidation sites excluding steroid dienone is 5. The summed E-state index contributed by atoms with van der Waals surface area (Å²) < 4.78 is 0. The number of aromatic hydroxyl groups is 1. The maximum absolute atomic E-state index is 12.2. The molecule has 0 radical (unpaired) electrons. The van der Waals surface area contributed by atoms with E-state index in [1.54, 1.807) is 36.4 Å². The Labute approximate surface area is 136 Å². The first kappa shape index (κ1) is 15.0. The van der Waals surface area contributed by atoms with E-state index < -0.39 is 0 Å². The second kappa shape index (κ2) is 6.93. The fourth-order valence-corrected chi connectivity index (χ4v) is 2.51. The fraction of sp³-hybridized carbons (Fsp3) is 0.0952. The predicted molar refractivity (Wildman–Crippen MR) is 94.3 cm³/mol. The van der Waals surface area contributed by atoms with Crippen molar-refractivity contribution >= 4 is 17.4 Å². The number of hydrogen-bond donors (Lipinski definition) is 1. The van der Waals surface area contributed by atoms with Crippen LogP contribution in [0.1, 0.15) is 34.3 Å². The van der Waals surface area contributed by atoms with Crippen LogP contribution in [0.25, 0.3) is 11.6 Å². The molecule has 0 fully saturated rings. The molecule has 1 N–H and O–H groups in total. The molecule has 0 atom stereocenters. The summed E-state index contributed by atoms with van der Waals surface area (Å²) in [7, 11) is 0. The van der Waals surface area contributed by atoms with Crippen LogP contribution in [0.3, 0.4) is 0 Å². The van der Waals surface area contributed by atoms with Crippen molar-refractivity contribution in [1.82, 2.24) is 0 Å². The van der Waals surface area contributed by atoms with Gasteiger partial charge in [0.05, 0.1) is 0 Å². The van der Waals surface area contributed by atoms with Crippen molar-refractivity contribution in [2.24, 2.45) is 0 Å². The number of carbonyl (C=O) groups excluding carboxylic acids is 1. The van der Waals surface area contributed by atoms with Gasteiger partial charge in [-0.2, -0.15) is 0 Å². The number of rotatable bonds is 4. The Morgan fingerprint density at radius 3 is 2.35 bits per heavy atom. The normalized spacial score (nSPS) is 14.0. The number of hydrogen-bond acceptors (Lipinski definition) is 2. The van der Waals surface area contributed by atoms with Crippen LogP contribution in [0.2, 0.25) is 0 Å². The average molecular weight is 302 g/mol. The molecule has 1 aliphatic carbocycles. The van der Waals surface area contributed by atoms with E-state index in [4.69, 9.17) is 0 Å². The molecule has 0 heterocycles. The minimum Gasteiger partial charge on any atom is -0.508 e. The zero-order valence-corrected chi connectivity index (χ0v) is 12.8. The second-order valence-electron chi connectivity index (χ2n) is 5.51. The highest BCUT2D eigenvalue weighted by molar-refractivity contribution is 6.07. The van der Waals surface area contributed by atoms with Crippen LogP contribution < -0.4 is 0 Å². The van der Waals surface area contributed by atoms with Crippen LogP contribution in [0.15, 0.2) is 72.8 Å². The summed E-state index contributed by atoms with van der Waals surface area (Å²) in [6.45, 7) is 0. The lowest BCUT2D eigenvalue weighted by molar-refractivity contribution is 0.104. The van der Waals surface area contributed by atoms with Gasteiger partial charge in [-0.25, -0.2) is 0 Å². The maximum Gasteiger partial charge on any atom is 0.185 e. The van der Waals surface area contributed by atoms with E-state index in [0.29, 0.717) is 5.56 Å². The highest BCUT2D eigenvalue weighted by Crippen LogP contribution is 2.21. The van der Waals surface area contributed by atoms with Crippen molar-refractivity contribution in [3.63, 3.8) is 0 Å². The molecule has 1 aliphatic rings. The minimum absolute atomic E-state index is 0.0298. The standard InChI is InChI=1S/C21H18O2/c22-20-13-6-16(7-14-20)8-15-21(23)19-11-9-18(10-12-19)17-4-2-1-3-5-17/h2,4-15,22H,1,3H2/b15-8+. The molecule has 0 saturated carbocycles. The van der Waals surface area contributed by atoms with E-state index >= 15 is 0 Å². The van der Waals surface area contributed by atoms with Crippen LogP contribution in [-0.4, -0.2) is 10.9 Å². The average Bonchev–Trinajstić information content (AvgIpc) is 2.62. The van der Waals surface area contributed by atoms with Crippen LogP contribution in [0, 0.1) is 0 Å². The van der Waals surface area contributed by atoms with Gasteiger partial charge in [0.25, 0.3) is 0 Å². The molecule has 0 bridgehead atoms. The van der Waals surface area contributed by atoms with E-state index in [9.17, 15) is 9.90 Å². The van der Waals surface area contributed by atoms with Gasteiger partial charge < -0.3 is 5.11 Å². The Hall–Kier alpha value is -2.87. The van der Waals surface area contributed by atoms with E-state index in [2.05, 4.69) is 18.2 Å². The summed E-state index contributed by atoms with van der Waals surface area (Å²) in [5, 5.41) is 9.25. The first-order valence-electron chi connectivity index (χ1n) is 7.71. The predicted octanol–water partition coefficient (Wildman–Crippen LogP) is 5.02. The molecule has 0 aliphatic heterocycles. The lowest BCUT2D eigenvalue weighted by Gasteiger charge is -2.07. The number of phenolic OH excluding ortho intramolecular Hbond substituents is 1. The van der Waals surface area contributed by atoms with Crippen molar-refractivity contribution in [3.8, 4) is 5.75 Å². The first-order valence-corrected chi connectivity index (χ1v) is 7.71. The highest BCUT2D eigenvalue weighted by Gasteiger charge is 2.04. The number of benzene rings is 2. The Morgan fingerprint density at radius 1 is 0.957 bits per heavy atom. The van der Waals surface area contributed by atoms with E-state index in [0.717, 1.165) is 24.0 Å².